The first kappa shape index (κ1) is 23.6. The van der Waals surface area contributed by atoms with Crippen LogP contribution in [0, 0.1) is 0 Å². The van der Waals surface area contributed by atoms with E-state index in [1.165, 1.54) is 12.2 Å². The highest BCUT2D eigenvalue weighted by Crippen LogP contribution is 2.18. The number of aryl methyl sites for hydroxylation is 2. The van der Waals surface area contributed by atoms with Gasteiger partial charge in [0, 0.05) is 0 Å². The summed E-state index contributed by atoms with van der Waals surface area (Å²) < 4.78 is 0. The van der Waals surface area contributed by atoms with Crippen molar-refractivity contribution < 1.29 is 30.6 Å². The summed E-state index contributed by atoms with van der Waals surface area (Å²) in [6, 6.07) is 14.5. The molecule has 2 aromatic rings. The largest absolute Gasteiger partial charge is 0.509 e. The van der Waals surface area contributed by atoms with E-state index in [-0.39, 0.29) is 0 Å². The molecule has 0 saturated carbocycles. The van der Waals surface area contributed by atoms with Crippen molar-refractivity contribution in [1.82, 2.24) is 0 Å². The van der Waals surface area contributed by atoms with Gasteiger partial charge in [-0.1, -0.05) is 62.4 Å². The first-order valence-corrected chi connectivity index (χ1v) is 9.98. The number of hydrogen-bond acceptors (Lipinski definition) is 6. The van der Waals surface area contributed by atoms with Crippen LogP contribution in [0.5, 0.6) is 0 Å². The molecule has 0 amide bonds. The van der Waals surface area contributed by atoms with E-state index in [2.05, 4.69) is 0 Å². The molecule has 6 heteroatoms. The van der Waals surface area contributed by atoms with Crippen LogP contribution in [-0.4, -0.2) is 55.1 Å². The maximum Gasteiger partial charge on any atom is 0.139 e. The zero-order chi connectivity index (χ0) is 22.3. The molecule has 162 valence electrons. The third-order valence-corrected chi connectivity index (χ3v) is 5.01. The van der Waals surface area contributed by atoms with Crippen LogP contribution in [0.25, 0.3) is 12.2 Å². The van der Waals surface area contributed by atoms with Crippen molar-refractivity contribution in [1.29, 1.82) is 0 Å². The Kier molecular flexibility index (Phi) is 8.62. The van der Waals surface area contributed by atoms with Crippen molar-refractivity contribution in [3.63, 3.8) is 0 Å². The van der Waals surface area contributed by atoms with Gasteiger partial charge in [-0.3, -0.25) is 0 Å². The van der Waals surface area contributed by atoms with Gasteiger partial charge in [-0.15, -0.1) is 0 Å². The molecule has 30 heavy (non-hydrogen) atoms. The average molecular weight is 414 g/mol. The molecule has 0 aliphatic rings. The summed E-state index contributed by atoms with van der Waals surface area (Å²) in [5.74, 6) is -1.15. The Balaban J connectivity index is 2.08. The Bertz CT molecular complexity index is 781. The second-order valence-corrected chi connectivity index (χ2v) is 7.20. The normalized spacial score (nSPS) is 16.7. The van der Waals surface area contributed by atoms with Gasteiger partial charge in [0.05, 0.1) is 0 Å². The highest BCUT2D eigenvalue weighted by Gasteiger charge is 2.34. The molecule has 0 heterocycles. The smallest absolute Gasteiger partial charge is 0.139 e. The Morgan fingerprint density at radius 1 is 0.633 bits per heavy atom. The number of rotatable bonds is 9. The van der Waals surface area contributed by atoms with E-state index in [4.69, 9.17) is 0 Å². The van der Waals surface area contributed by atoms with Gasteiger partial charge in [0.25, 0.3) is 0 Å². The summed E-state index contributed by atoms with van der Waals surface area (Å²) in [6.45, 7) is 4.03. The minimum atomic E-state index is -1.93. The van der Waals surface area contributed by atoms with E-state index in [0.717, 1.165) is 24.0 Å². The number of aliphatic hydroxyl groups excluding tert-OH is 6. The van der Waals surface area contributed by atoms with Gasteiger partial charge in [-0.2, -0.15) is 0 Å². The topological polar surface area (TPSA) is 121 Å². The van der Waals surface area contributed by atoms with Crippen molar-refractivity contribution in [3.05, 3.63) is 82.3 Å². The first-order valence-electron chi connectivity index (χ1n) is 9.98. The van der Waals surface area contributed by atoms with Crippen LogP contribution in [0.15, 0.2) is 60.0 Å². The molecule has 0 aromatic heterocycles. The van der Waals surface area contributed by atoms with Crippen LogP contribution in [0.4, 0.5) is 0 Å². The zero-order valence-corrected chi connectivity index (χ0v) is 17.2. The van der Waals surface area contributed by atoms with Gasteiger partial charge in [-0.05, 0) is 47.2 Å². The fraction of sp³-hybridized carbons (Fsp3) is 0.333. The van der Waals surface area contributed by atoms with Crippen molar-refractivity contribution in [3.8, 4) is 0 Å². The molecule has 4 atom stereocenters. The predicted octanol–water partition coefficient (Wildman–Crippen LogP) is 2.75. The van der Waals surface area contributed by atoms with Crippen LogP contribution < -0.4 is 0 Å². The highest BCUT2D eigenvalue weighted by molar-refractivity contribution is 5.53. The molecule has 0 spiro atoms. The third kappa shape index (κ3) is 6.18. The minimum absolute atomic E-state index is 0.573. The van der Waals surface area contributed by atoms with Gasteiger partial charge in [-0.25, -0.2) is 0 Å². The quantitative estimate of drug-likeness (QED) is 0.351. The van der Waals surface area contributed by atoms with E-state index in [0.29, 0.717) is 11.1 Å². The lowest BCUT2D eigenvalue weighted by atomic mass is 9.98. The number of aliphatic hydroxyl groups is 6. The van der Waals surface area contributed by atoms with Crippen molar-refractivity contribution in [2.45, 2.75) is 51.1 Å². The molecule has 0 fully saturated rings. The lowest BCUT2D eigenvalue weighted by Crippen LogP contribution is -2.45. The molecule has 0 saturated heterocycles. The van der Waals surface area contributed by atoms with Crippen LogP contribution in [0.3, 0.4) is 0 Å². The van der Waals surface area contributed by atoms with E-state index < -0.39 is 35.9 Å². The first-order chi connectivity index (χ1) is 14.3. The summed E-state index contributed by atoms with van der Waals surface area (Å²) in [7, 11) is 0. The fourth-order valence-corrected chi connectivity index (χ4v) is 2.93. The molecular weight excluding hydrogens is 384 g/mol. The van der Waals surface area contributed by atoms with Crippen molar-refractivity contribution in [2.75, 3.05) is 0 Å². The van der Waals surface area contributed by atoms with Crippen molar-refractivity contribution in [2.24, 2.45) is 0 Å². The van der Waals surface area contributed by atoms with Gasteiger partial charge >= 0.3 is 0 Å². The summed E-state index contributed by atoms with van der Waals surface area (Å²) in [6.07, 6.45) is -3.31. The second-order valence-electron chi connectivity index (χ2n) is 7.20. The molecule has 2 aromatic carbocycles. The van der Waals surface area contributed by atoms with Gasteiger partial charge < -0.3 is 30.6 Å². The van der Waals surface area contributed by atoms with E-state index in [1.807, 2.05) is 38.1 Å². The molecule has 6 N–H and O–H groups in total. The lowest BCUT2D eigenvalue weighted by Gasteiger charge is -2.26. The molecule has 0 radical (unpaired) electrons. The summed E-state index contributed by atoms with van der Waals surface area (Å²) in [4.78, 5) is 0. The standard InChI is InChI=1S/C24H30O6/c1-3-15-5-9-17(10-6-15)13-19(25)21(27)23(29)24(30)22(28)20(26)14-18-11-7-16(4-2)8-12-18/h5-14,21-30H,3-4H2,1-2H3. The predicted molar refractivity (Wildman–Crippen MR) is 117 cm³/mol. The Hall–Kier alpha value is -2.64. The molecule has 4 unspecified atom stereocenters. The Morgan fingerprint density at radius 3 is 1.20 bits per heavy atom. The molecule has 2 rings (SSSR count). The molecule has 0 bridgehead atoms. The third-order valence-electron chi connectivity index (χ3n) is 5.01. The number of hydrogen-bond donors (Lipinski definition) is 6. The fourth-order valence-electron chi connectivity index (χ4n) is 2.93. The monoisotopic (exact) mass is 414 g/mol. The molecule has 6 nitrogen and oxygen atoms in total. The zero-order valence-electron chi connectivity index (χ0n) is 17.2. The lowest BCUT2D eigenvalue weighted by molar-refractivity contribution is -0.0996. The SMILES string of the molecule is CCc1ccc(C=C(O)C(O)C(O)C(O)C(O)C(O)=Cc2ccc(CC)cc2)cc1. The van der Waals surface area contributed by atoms with Gasteiger partial charge in [0.2, 0.25) is 0 Å². The van der Waals surface area contributed by atoms with Crippen molar-refractivity contribution >= 4 is 12.2 Å². The summed E-state index contributed by atoms with van der Waals surface area (Å²) in [5.41, 5.74) is 3.42. The van der Waals surface area contributed by atoms with Crippen LogP contribution in [0.1, 0.15) is 36.1 Å². The Labute approximate surface area is 176 Å². The second kappa shape index (κ2) is 10.9. The summed E-state index contributed by atoms with van der Waals surface area (Å²) in [5, 5.41) is 60.9. The van der Waals surface area contributed by atoms with Crippen LogP contribution in [0.2, 0.25) is 0 Å². The van der Waals surface area contributed by atoms with Gasteiger partial charge in [0.1, 0.15) is 35.9 Å². The maximum atomic E-state index is 10.2. The van der Waals surface area contributed by atoms with E-state index in [9.17, 15) is 30.6 Å². The van der Waals surface area contributed by atoms with E-state index >= 15 is 0 Å². The average Bonchev–Trinajstić information content (AvgIpc) is 2.77. The Morgan fingerprint density at radius 2 is 0.933 bits per heavy atom. The maximum absolute atomic E-state index is 10.2. The summed E-state index contributed by atoms with van der Waals surface area (Å²) >= 11 is 0. The molecule has 0 aliphatic heterocycles. The highest BCUT2D eigenvalue weighted by atomic mass is 16.4. The van der Waals surface area contributed by atoms with Gasteiger partial charge in [0.15, 0.2) is 0 Å². The number of benzene rings is 2. The molecule has 0 aliphatic carbocycles. The van der Waals surface area contributed by atoms with Crippen LogP contribution >= 0.6 is 0 Å². The molecular formula is C24H30O6. The van der Waals surface area contributed by atoms with E-state index in [1.54, 1.807) is 24.3 Å². The minimum Gasteiger partial charge on any atom is -0.509 e. The van der Waals surface area contributed by atoms with Crippen LogP contribution in [-0.2, 0) is 12.8 Å².